The third-order valence-corrected chi connectivity index (χ3v) is 7.51. The Morgan fingerprint density at radius 2 is 1.76 bits per heavy atom. The second-order valence-electron chi connectivity index (χ2n) is 10.4. The van der Waals surface area contributed by atoms with Crippen molar-refractivity contribution in [1.29, 1.82) is 0 Å². The van der Waals surface area contributed by atoms with Crippen LogP contribution in [0.1, 0.15) is 33.3 Å². The van der Waals surface area contributed by atoms with Crippen LogP contribution in [0.4, 0.5) is 5.82 Å². The summed E-state index contributed by atoms with van der Waals surface area (Å²) in [6.07, 6.45) is 2.96. The van der Waals surface area contributed by atoms with Crippen LogP contribution in [-0.4, -0.2) is 62.7 Å². The van der Waals surface area contributed by atoms with Gasteiger partial charge in [0.25, 0.3) is 15.9 Å². The molecule has 0 spiro atoms. The van der Waals surface area contributed by atoms with Gasteiger partial charge in [-0.15, -0.1) is 16.1 Å². The number of sulfonamides is 1. The number of tetrazole rings is 1. The fourth-order valence-electron chi connectivity index (χ4n) is 3.97. The van der Waals surface area contributed by atoms with Gasteiger partial charge >= 0.3 is 0 Å². The Bertz CT molecular complexity index is 1980. The minimum atomic E-state index is -4.30. The first-order chi connectivity index (χ1) is 21.6. The zero-order valence-electron chi connectivity index (χ0n) is 25.1. The number of ether oxygens (including phenoxy) is 3. The average Bonchev–Trinajstić information content (AvgIpc) is 3.58. The topological polar surface area (TPSA) is 180 Å². The first-order valence-corrected chi connectivity index (χ1v) is 15.0. The van der Waals surface area contributed by atoms with Crippen molar-refractivity contribution >= 4 is 15.8 Å². The van der Waals surface area contributed by atoms with E-state index in [9.17, 15) is 8.42 Å². The maximum Gasteiger partial charge on any atom is 0.280 e. The van der Waals surface area contributed by atoms with Gasteiger partial charge in [-0.3, -0.25) is 9.71 Å². The van der Waals surface area contributed by atoms with E-state index < -0.39 is 10.0 Å². The summed E-state index contributed by atoms with van der Waals surface area (Å²) in [4.78, 5) is 17.6. The van der Waals surface area contributed by atoms with E-state index in [4.69, 9.17) is 14.2 Å². The molecule has 0 aliphatic heterocycles. The Labute approximate surface area is 259 Å². The molecule has 0 unspecified atom stereocenters. The number of hydrogen-bond acceptors (Lipinski definition) is 12. The van der Waals surface area contributed by atoms with Crippen molar-refractivity contribution < 1.29 is 22.6 Å². The number of pyridine rings is 2. The zero-order valence-corrected chi connectivity index (χ0v) is 25.9. The maximum atomic E-state index is 13.8. The third-order valence-electron chi connectivity index (χ3n) is 6.27. The molecular formula is C30H29N9O5S. The number of para-hydroxylation sites is 2. The highest BCUT2D eigenvalue weighted by Gasteiger charge is 2.27. The molecule has 0 fully saturated rings. The Morgan fingerprint density at radius 1 is 0.978 bits per heavy atom. The molecule has 230 valence electrons. The molecule has 0 atom stereocenters. The van der Waals surface area contributed by atoms with E-state index in [0.717, 1.165) is 5.56 Å². The van der Waals surface area contributed by atoms with Crippen LogP contribution in [0, 0.1) is 11.8 Å². The van der Waals surface area contributed by atoms with Gasteiger partial charge in [0.2, 0.25) is 11.6 Å². The summed E-state index contributed by atoms with van der Waals surface area (Å²) in [5.41, 5.74) is 1.28. The Hall–Kier alpha value is -5.62. The zero-order chi connectivity index (χ0) is 32.0. The van der Waals surface area contributed by atoms with E-state index in [0.29, 0.717) is 17.0 Å². The van der Waals surface area contributed by atoms with Crippen LogP contribution >= 0.6 is 0 Å². The lowest BCUT2D eigenvalue weighted by molar-refractivity contribution is 0.324. The number of rotatable bonds is 10. The summed E-state index contributed by atoms with van der Waals surface area (Å²) < 4.78 is 47.8. The second kappa shape index (κ2) is 12.9. The monoisotopic (exact) mass is 627 g/mol. The SMILES string of the molecule is CC#CCOc1nc(-c2ccnc(-c3nn[nH]n3)c2)nc(NS(=O)(=O)c2cc(C(C)(C)C)ccn2)c1Oc1ccccc1OC. The first kappa shape index (κ1) is 30.8. The summed E-state index contributed by atoms with van der Waals surface area (Å²) in [7, 11) is -2.82. The van der Waals surface area contributed by atoms with Gasteiger partial charge < -0.3 is 14.2 Å². The summed E-state index contributed by atoms with van der Waals surface area (Å²) in [5.74, 6) is 6.12. The van der Waals surface area contributed by atoms with Crippen LogP contribution in [0.15, 0.2) is 66.0 Å². The van der Waals surface area contributed by atoms with Crippen molar-refractivity contribution in [2.24, 2.45) is 0 Å². The van der Waals surface area contributed by atoms with Gasteiger partial charge in [0.1, 0.15) is 5.69 Å². The molecule has 2 N–H and O–H groups in total. The minimum absolute atomic E-state index is 0.0684. The highest BCUT2D eigenvalue weighted by atomic mass is 32.2. The lowest BCUT2D eigenvalue weighted by Gasteiger charge is -2.20. The summed E-state index contributed by atoms with van der Waals surface area (Å²) in [6.45, 7) is 7.52. The number of benzene rings is 1. The van der Waals surface area contributed by atoms with Gasteiger partial charge in [-0.25, -0.2) is 9.97 Å². The Morgan fingerprint density at radius 3 is 2.47 bits per heavy atom. The van der Waals surface area contributed by atoms with Gasteiger partial charge in [-0.2, -0.15) is 18.6 Å². The van der Waals surface area contributed by atoms with E-state index in [1.54, 1.807) is 49.4 Å². The number of aromatic nitrogens is 8. The van der Waals surface area contributed by atoms with Crippen LogP contribution in [0.25, 0.3) is 22.9 Å². The predicted molar refractivity (Wildman–Crippen MR) is 164 cm³/mol. The Kier molecular flexibility index (Phi) is 8.86. The molecule has 0 bridgehead atoms. The fraction of sp³-hybridized carbons (Fsp3) is 0.233. The number of aromatic amines is 1. The number of nitrogens with one attached hydrogen (secondary N) is 2. The van der Waals surface area contributed by atoms with Gasteiger partial charge in [0.15, 0.2) is 34.8 Å². The summed E-state index contributed by atoms with van der Waals surface area (Å²) >= 11 is 0. The Balaban J connectivity index is 1.69. The van der Waals surface area contributed by atoms with Crippen molar-refractivity contribution in [3.63, 3.8) is 0 Å². The quantitative estimate of drug-likeness (QED) is 0.209. The van der Waals surface area contributed by atoms with Crippen molar-refractivity contribution in [3.8, 4) is 57.9 Å². The van der Waals surface area contributed by atoms with Crippen LogP contribution in [0.2, 0.25) is 0 Å². The lowest BCUT2D eigenvalue weighted by atomic mass is 9.88. The molecule has 0 radical (unpaired) electrons. The molecule has 45 heavy (non-hydrogen) atoms. The highest BCUT2D eigenvalue weighted by molar-refractivity contribution is 7.92. The van der Waals surface area contributed by atoms with E-state index in [1.165, 1.54) is 25.6 Å². The van der Waals surface area contributed by atoms with Gasteiger partial charge in [0.05, 0.1) is 7.11 Å². The molecule has 14 nitrogen and oxygen atoms in total. The van der Waals surface area contributed by atoms with E-state index in [-0.39, 0.29) is 51.9 Å². The number of anilines is 1. The number of nitrogens with zero attached hydrogens (tertiary/aromatic N) is 7. The van der Waals surface area contributed by atoms with Crippen molar-refractivity contribution in [3.05, 3.63) is 66.5 Å². The lowest BCUT2D eigenvalue weighted by Crippen LogP contribution is -2.19. The van der Waals surface area contributed by atoms with E-state index >= 15 is 0 Å². The first-order valence-electron chi connectivity index (χ1n) is 13.5. The standard InChI is InChI=1S/C30H29N9O5S/c1-6-7-16-43-29-25(44-23-11-9-8-10-22(23)42-5)28(37-45(40,41)24-18-20(13-15-32-24)30(2,3)4)33-26(34-29)19-12-14-31-21(17-19)27-35-38-39-36-27/h8-15,17-18H,16H2,1-5H3,(H,33,34,37)(H,35,36,38,39). The molecule has 0 saturated heterocycles. The molecule has 5 aromatic rings. The molecule has 4 heterocycles. The summed E-state index contributed by atoms with van der Waals surface area (Å²) in [5, 5.41) is 13.7. The van der Waals surface area contributed by atoms with Crippen LogP contribution in [0.3, 0.4) is 0 Å². The number of H-pyrrole nitrogens is 1. The van der Waals surface area contributed by atoms with Crippen molar-refractivity contribution in [2.45, 2.75) is 38.1 Å². The van der Waals surface area contributed by atoms with E-state index in [2.05, 4.69) is 57.1 Å². The third kappa shape index (κ3) is 7.13. The molecule has 0 saturated carbocycles. The molecule has 1 aromatic carbocycles. The van der Waals surface area contributed by atoms with Gasteiger partial charge in [0, 0.05) is 18.0 Å². The summed E-state index contributed by atoms with van der Waals surface area (Å²) in [6, 6.07) is 13.4. The van der Waals surface area contributed by atoms with Crippen LogP contribution in [0.5, 0.6) is 23.1 Å². The van der Waals surface area contributed by atoms with Crippen LogP contribution in [-0.2, 0) is 15.4 Å². The minimum Gasteiger partial charge on any atom is -0.493 e. The highest BCUT2D eigenvalue weighted by Crippen LogP contribution is 2.42. The van der Waals surface area contributed by atoms with Crippen molar-refractivity contribution in [1.82, 2.24) is 40.6 Å². The predicted octanol–water partition coefficient (Wildman–Crippen LogP) is 4.42. The molecule has 0 amide bonds. The van der Waals surface area contributed by atoms with Gasteiger partial charge in [-0.05, 0) is 59.5 Å². The molecule has 0 aliphatic carbocycles. The molecular weight excluding hydrogens is 598 g/mol. The smallest absolute Gasteiger partial charge is 0.280 e. The van der Waals surface area contributed by atoms with E-state index in [1.807, 2.05) is 20.8 Å². The van der Waals surface area contributed by atoms with Crippen molar-refractivity contribution in [2.75, 3.05) is 18.4 Å². The average molecular weight is 628 g/mol. The maximum absolute atomic E-state index is 13.8. The number of methoxy groups -OCH3 is 1. The van der Waals surface area contributed by atoms with Crippen LogP contribution < -0.4 is 18.9 Å². The fourth-order valence-corrected chi connectivity index (χ4v) is 4.95. The number of hydrogen-bond donors (Lipinski definition) is 2. The normalized spacial score (nSPS) is 11.3. The molecule has 15 heteroatoms. The largest absolute Gasteiger partial charge is 0.493 e. The second-order valence-corrected chi connectivity index (χ2v) is 12.0. The molecule has 0 aliphatic rings. The molecule has 5 rings (SSSR count). The van der Waals surface area contributed by atoms with Gasteiger partial charge in [-0.1, -0.05) is 38.8 Å². The molecule has 4 aromatic heterocycles.